The highest BCUT2D eigenvalue weighted by molar-refractivity contribution is 14.1. The lowest BCUT2D eigenvalue weighted by Gasteiger charge is -2.39. The number of ether oxygens (including phenoxy) is 4. The zero-order valence-electron chi connectivity index (χ0n) is 16.0. The number of hydrogen-bond donors (Lipinski definition) is 0. The normalized spacial score (nSPS) is 29.9. The van der Waals surface area contributed by atoms with Crippen molar-refractivity contribution in [2.24, 2.45) is 5.92 Å². The maximum Gasteiger partial charge on any atom is 0.364 e. The summed E-state index contributed by atoms with van der Waals surface area (Å²) >= 11 is 2.01. The average Bonchev–Trinajstić information content (AvgIpc) is 3.26. The number of carbonyl (C=O) groups is 2. The maximum atomic E-state index is 13.5. The van der Waals surface area contributed by atoms with E-state index in [1.807, 2.05) is 22.6 Å². The number of rotatable bonds is 6. The molecular formula is C18H15F3IO9S-. The summed E-state index contributed by atoms with van der Waals surface area (Å²) < 4.78 is 93.7. The largest absolute Gasteiger partial charge is 0.743 e. The number of benzene rings is 1. The third kappa shape index (κ3) is 3.84. The predicted molar refractivity (Wildman–Crippen MR) is 104 cm³/mol. The molecule has 2 saturated heterocycles. The molecule has 32 heavy (non-hydrogen) atoms. The standard InChI is InChI=1S/C18H16F3IO9S/c19-12(18(20,21)32(25,26)27)4-5-28-15(23)9-6-13-17(7-11(9)29-13)30-14-8(16(24)31-17)2-1-3-10(14)22/h1-3,9,11-13H,4-7H2,(H,25,26,27)/p-1. The second-order valence-corrected chi connectivity index (χ2v) is 10.2. The molecule has 4 rings (SSSR count). The van der Waals surface area contributed by atoms with Gasteiger partial charge in [-0.2, -0.15) is 8.78 Å². The highest BCUT2D eigenvalue weighted by Crippen LogP contribution is 2.51. The van der Waals surface area contributed by atoms with Crippen molar-refractivity contribution >= 4 is 44.6 Å². The first-order valence-electron chi connectivity index (χ1n) is 9.36. The van der Waals surface area contributed by atoms with Gasteiger partial charge in [0, 0.05) is 6.42 Å². The Bertz CT molecular complexity index is 1070. The number of halogens is 4. The van der Waals surface area contributed by atoms with Crippen LogP contribution in [0.5, 0.6) is 5.75 Å². The molecule has 2 fully saturated rings. The number of para-hydroxylation sites is 1. The first-order chi connectivity index (χ1) is 14.9. The fourth-order valence-electron chi connectivity index (χ4n) is 3.97. The highest BCUT2D eigenvalue weighted by atomic mass is 127. The molecule has 2 bridgehead atoms. The summed E-state index contributed by atoms with van der Waals surface area (Å²) in [4.78, 5) is 24.7. The summed E-state index contributed by atoms with van der Waals surface area (Å²) in [5.74, 6) is -3.37. The topological polar surface area (TPSA) is 128 Å². The van der Waals surface area contributed by atoms with Crippen LogP contribution in [-0.2, 0) is 29.1 Å². The second kappa shape index (κ2) is 7.99. The zero-order valence-corrected chi connectivity index (χ0v) is 18.9. The van der Waals surface area contributed by atoms with Crippen LogP contribution in [0, 0.1) is 9.49 Å². The van der Waals surface area contributed by atoms with Crippen LogP contribution in [-0.4, -0.2) is 60.9 Å². The predicted octanol–water partition coefficient (Wildman–Crippen LogP) is 2.12. The van der Waals surface area contributed by atoms with E-state index in [0.29, 0.717) is 9.32 Å². The van der Waals surface area contributed by atoms with Crippen molar-refractivity contribution in [3.05, 3.63) is 27.3 Å². The van der Waals surface area contributed by atoms with E-state index in [2.05, 4.69) is 0 Å². The quantitative estimate of drug-likeness (QED) is 0.278. The minimum atomic E-state index is -6.19. The third-order valence-electron chi connectivity index (χ3n) is 5.58. The number of alkyl halides is 3. The molecule has 3 aliphatic rings. The molecule has 3 aliphatic heterocycles. The Morgan fingerprint density at radius 3 is 2.72 bits per heavy atom. The molecule has 5 atom stereocenters. The van der Waals surface area contributed by atoms with Gasteiger partial charge in [-0.05, 0) is 41.1 Å². The molecule has 0 N–H and O–H groups in total. The summed E-state index contributed by atoms with van der Waals surface area (Å²) in [7, 11) is -6.19. The Kier molecular flexibility index (Phi) is 5.87. The van der Waals surface area contributed by atoms with Crippen molar-refractivity contribution in [1.29, 1.82) is 0 Å². The Morgan fingerprint density at radius 2 is 2.09 bits per heavy atom. The fourth-order valence-corrected chi connectivity index (χ4v) is 5.00. The van der Waals surface area contributed by atoms with Gasteiger partial charge in [0.15, 0.2) is 22.0 Å². The molecule has 1 aromatic rings. The minimum absolute atomic E-state index is 0.0197. The lowest BCUT2D eigenvalue weighted by Crippen LogP contribution is -2.53. The van der Waals surface area contributed by atoms with Crippen LogP contribution in [0.2, 0.25) is 0 Å². The Balaban J connectivity index is 1.36. The molecule has 1 aromatic carbocycles. The minimum Gasteiger partial charge on any atom is -0.743 e. The summed E-state index contributed by atoms with van der Waals surface area (Å²) in [6, 6.07) is 4.98. The monoisotopic (exact) mass is 591 g/mol. The van der Waals surface area contributed by atoms with Crippen LogP contribution >= 0.6 is 22.6 Å². The van der Waals surface area contributed by atoms with Crippen LogP contribution in [0.1, 0.15) is 29.6 Å². The molecule has 5 unspecified atom stereocenters. The van der Waals surface area contributed by atoms with Crippen molar-refractivity contribution in [2.75, 3.05) is 6.61 Å². The number of hydrogen-bond acceptors (Lipinski definition) is 9. The second-order valence-electron chi connectivity index (χ2n) is 7.57. The van der Waals surface area contributed by atoms with E-state index in [0.717, 1.165) is 0 Å². The van der Waals surface area contributed by atoms with Gasteiger partial charge >= 0.3 is 17.2 Å². The van der Waals surface area contributed by atoms with E-state index in [1.54, 1.807) is 18.2 Å². The molecule has 0 radical (unpaired) electrons. The average molecular weight is 591 g/mol. The van der Waals surface area contributed by atoms with Gasteiger partial charge in [-0.1, -0.05) is 6.07 Å². The Labute approximate surface area is 193 Å². The third-order valence-corrected chi connectivity index (χ3v) is 7.35. The van der Waals surface area contributed by atoms with E-state index >= 15 is 0 Å². The van der Waals surface area contributed by atoms with Crippen LogP contribution in [0.3, 0.4) is 0 Å². The number of esters is 2. The molecule has 3 heterocycles. The molecule has 1 spiro atoms. The number of carbonyl (C=O) groups excluding carboxylic acids is 2. The van der Waals surface area contributed by atoms with E-state index < -0.39 is 70.4 Å². The summed E-state index contributed by atoms with van der Waals surface area (Å²) in [5.41, 5.74) is 0.263. The van der Waals surface area contributed by atoms with Crippen LogP contribution < -0.4 is 4.74 Å². The van der Waals surface area contributed by atoms with Crippen molar-refractivity contribution in [1.82, 2.24) is 0 Å². The lowest BCUT2D eigenvalue weighted by atomic mass is 9.84. The van der Waals surface area contributed by atoms with Gasteiger partial charge in [-0.15, -0.1) is 0 Å². The fraction of sp³-hybridized carbons (Fsp3) is 0.556. The molecule has 14 heteroatoms. The summed E-state index contributed by atoms with van der Waals surface area (Å²) in [5, 5.41) is -5.13. The van der Waals surface area contributed by atoms with Crippen LogP contribution in [0.15, 0.2) is 18.2 Å². The van der Waals surface area contributed by atoms with E-state index in [1.165, 1.54) is 0 Å². The zero-order chi connectivity index (χ0) is 23.5. The number of fused-ring (bicyclic) bond motifs is 4. The van der Waals surface area contributed by atoms with Gasteiger partial charge in [-0.3, -0.25) is 4.79 Å². The first-order valence-corrected chi connectivity index (χ1v) is 11.8. The molecule has 0 aromatic heterocycles. The van der Waals surface area contributed by atoms with Crippen LogP contribution in [0.25, 0.3) is 0 Å². The van der Waals surface area contributed by atoms with Gasteiger partial charge in [-0.25, -0.2) is 17.6 Å². The van der Waals surface area contributed by atoms with E-state index in [9.17, 15) is 35.7 Å². The maximum absolute atomic E-state index is 13.5. The molecule has 9 nitrogen and oxygen atoms in total. The molecule has 0 saturated carbocycles. The molecular weight excluding hydrogens is 576 g/mol. The van der Waals surface area contributed by atoms with Gasteiger partial charge in [0.2, 0.25) is 0 Å². The Hall–Kier alpha value is -1.65. The van der Waals surface area contributed by atoms with Crippen molar-refractivity contribution in [3.8, 4) is 5.75 Å². The van der Waals surface area contributed by atoms with Crippen molar-refractivity contribution in [3.63, 3.8) is 0 Å². The lowest BCUT2D eigenvalue weighted by molar-refractivity contribution is -0.186. The molecule has 0 aliphatic carbocycles. The van der Waals surface area contributed by atoms with Crippen LogP contribution in [0.4, 0.5) is 13.2 Å². The Morgan fingerprint density at radius 1 is 1.38 bits per heavy atom. The van der Waals surface area contributed by atoms with Gasteiger partial charge in [0.1, 0.15) is 11.7 Å². The van der Waals surface area contributed by atoms with Gasteiger partial charge < -0.3 is 23.5 Å². The molecule has 176 valence electrons. The van der Waals surface area contributed by atoms with E-state index in [4.69, 9.17) is 18.9 Å². The van der Waals surface area contributed by atoms with Gasteiger partial charge in [0.25, 0.3) is 5.79 Å². The summed E-state index contributed by atoms with van der Waals surface area (Å²) in [6.45, 7) is -0.860. The molecule has 0 amide bonds. The first kappa shape index (κ1) is 23.5. The van der Waals surface area contributed by atoms with Crippen molar-refractivity contribution < 1.29 is 54.7 Å². The smallest absolute Gasteiger partial charge is 0.364 e. The van der Waals surface area contributed by atoms with Crippen molar-refractivity contribution in [2.45, 2.75) is 48.7 Å². The van der Waals surface area contributed by atoms with Gasteiger partial charge in [0.05, 0.1) is 28.6 Å². The SMILES string of the molecule is O=C1OC2(CC3OC2CC3C(=O)OCCC(F)C(F)(F)S(=O)(=O)[O-])Oc2c(I)cccc21. The van der Waals surface area contributed by atoms with E-state index in [-0.39, 0.29) is 18.4 Å². The highest BCUT2D eigenvalue weighted by Gasteiger charge is 2.64. The summed E-state index contributed by atoms with van der Waals surface area (Å²) in [6.07, 6.45) is -5.99.